The maximum atomic E-state index is 12.3. The number of aromatic nitrogens is 1. The molecule has 0 radical (unpaired) electrons. The van der Waals surface area contributed by atoms with Gasteiger partial charge in [-0.05, 0) is 0 Å². The lowest BCUT2D eigenvalue weighted by Crippen LogP contribution is -3.15. The zero-order valence-electron chi connectivity index (χ0n) is 21.1. The minimum absolute atomic E-state index is 0. The number of rotatable bonds is 9. The highest BCUT2D eigenvalue weighted by Crippen LogP contribution is 1.99. The lowest BCUT2D eigenvalue weighted by Gasteiger charge is -2.30. The van der Waals surface area contributed by atoms with Gasteiger partial charge in [0.05, 0.1) is 44.8 Å². The van der Waals surface area contributed by atoms with Crippen LogP contribution in [-0.4, -0.2) is 137 Å². The van der Waals surface area contributed by atoms with Gasteiger partial charge in [-0.25, -0.2) is 9.59 Å². The Labute approximate surface area is 237 Å². The van der Waals surface area contributed by atoms with E-state index in [0.717, 1.165) is 11.1 Å². The summed E-state index contributed by atoms with van der Waals surface area (Å²) in [4.78, 5) is 50.3. The number of aliphatic carboxylic acids is 3. The number of nitrogens with one attached hydrogen (secondary N) is 2. The van der Waals surface area contributed by atoms with Crippen LogP contribution in [0.5, 0.6) is 0 Å². The van der Waals surface area contributed by atoms with Gasteiger partial charge in [0.2, 0.25) is 5.69 Å². The molecule has 1 aliphatic rings. The third kappa shape index (κ3) is 15.4. The zero-order chi connectivity index (χ0) is 26.0. The predicted molar refractivity (Wildman–Crippen MR) is 125 cm³/mol. The molecule has 0 spiro atoms. The summed E-state index contributed by atoms with van der Waals surface area (Å²) in [5, 5.41) is 49.3. The Balaban J connectivity index is -0.00000324. The predicted octanol–water partition coefficient (Wildman–Crippen LogP) is -12.5. The van der Waals surface area contributed by atoms with Crippen LogP contribution in [0.2, 0.25) is 0 Å². The molecule has 0 atom stereocenters. The molecular formula is C21H37Cl2N5O11. The van der Waals surface area contributed by atoms with Crippen molar-refractivity contribution in [3.8, 4) is 0 Å². The van der Waals surface area contributed by atoms with Crippen LogP contribution in [0.1, 0.15) is 16.1 Å². The second-order valence-corrected chi connectivity index (χ2v) is 8.62. The molecule has 1 aliphatic heterocycles. The first-order valence-electron chi connectivity index (χ1n) is 11.3. The summed E-state index contributed by atoms with van der Waals surface area (Å²) in [6.45, 7) is 2.48. The minimum Gasteiger partial charge on any atom is -1.00 e. The lowest BCUT2D eigenvalue weighted by atomic mass is 10.2. The molecule has 16 nitrogen and oxygen atoms in total. The Morgan fingerprint density at radius 1 is 0.795 bits per heavy atom. The van der Waals surface area contributed by atoms with Crippen LogP contribution in [0, 0.1) is 5.21 Å². The molecule has 1 saturated heterocycles. The average Bonchev–Trinajstić information content (AvgIpc) is 2.75. The molecule has 2 rings (SSSR count). The fraction of sp³-hybridized carbons (Fsp3) is 0.571. The summed E-state index contributed by atoms with van der Waals surface area (Å²) in [5.41, 5.74) is 0.209. The highest BCUT2D eigenvalue weighted by atomic mass is 35.5. The first-order valence-corrected chi connectivity index (χ1v) is 11.3. The van der Waals surface area contributed by atoms with E-state index in [0.29, 0.717) is 62.0 Å². The molecule has 18 heteroatoms. The maximum absolute atomic E-state index is 12.3. The van der Waals surface area contributed by atoms with Crippen molar-refractivity contribution in [2.24, 2.45) is 0 Å². The van der Waals surface area contributed by atoms with E-state index in [-0.39, 0.29) is 73.2 Å². The number of halogens is 2. The number of quaternary nitrogens is 2. The molecule has 1 fully saturated rings. The van der Waals surface area contributed by atoms with Crippen LogP contribution < -0.4 is 39.3 Å². The standard InChI is InChI=1S/C21H31N5O9.2ClH.2H2O/c27-18(28)13-23-5-3-22(12-17-11-16(21(33)34)1-2-26(17)35)4-6-24(14-19(29)30)8-10-25(9-7-23)15-20(31)32;;;;/h1-2,11H,3-10,12-15H2,(H,27,28)(H,29,30)(H,31,32)(H,33,34);2*1H;2*1H2. The molecule has 226 valence electrons. The van der Waals surface area contributed by atoms with Gasteiger partial charge >= 0.3 is 23.9 Å². The molecule has 0 unspecified atom stereocenters. The lowest BCUT2D eigenvalue weighted by molar-refractivity contribution is -0.920. The van der Waals surface area contributed by atoms with E-state index in [9.17, 15) is 44.8 Å². The van der Waals surface area contributed by atoms with E-state index in [4.69, 9.17) is 0 Å². The van der Waals surface area contributed by atoms with Crippen molar-refractivity contribution in [2.75, 3.05) is 72.0 Å². The Kier molecular flexibility index (Phi) is 21.0. The maximum Gasteiger partial charge on any atom is 0.359 e. The molecule has 39 heavy (non-hydrogen) atoms. The average molecular weight is 606 g/mol. The van der Waals surface area contributed by atoms with Crippen LogP contribution in [0.15, 0.2) is 18.3 Å². The van der Waals surface area contributed by atoms with Gasteiger partial charge < -0.3 is 71.2 Å². The molecule has 2 heterocycles. The monoisotopic (exact) mass is 605 g/mol. The summed E-state index contributed by atoms with van der Waals surface area (Å²) in [6, 6.07) is 2.51. The van der Waals surface area contributed by atoms with Gasteiger partial charge in [-0.3, -0.25) is 19.4 Å². The van der Waals surface area contributed by atoms with Gasteiger partial charge in [0, 0.05) is 38.3 Å². The largest absolute Gasteiger partial charge is 1.00 e. The molecule has 1 aromatic heterocycles. The molecule has 0 bridgehead atoms. The van der Waals surface area contributed by atoms with Crippen molar-refractivity contribution < 1.29 is 89.9 Å². The van der Waals surface area contributed by atoms with Crippen molar-refractivity contribution in [3.05, 3.63) is 34.8 Å². The summed E-state index contributed by atoms with van der Waals surface area (Å²) in [5.74, 6) is -4.19. The van der Waals surface area contributed by atoms with Crippen molar-refractivity contribution in [3.63, 3.8) is 0 Å². The van der Waals surface area contributed by atoms with E-state index in [1.165, 1.54) is 12.1 Å². The molecule has 0 amide bonds. The number of carboxylic acid groups (broad SMARTS) is 4. The van der Waals surface area contributed by atoms with E-state index < -0.39 is 23.9 Å². The van der Waals surface area contributed by atoms with Crippen molar-refractivity contribution in [1.29, 1.82) is 0 Å². The highest BCUT2D eigenvalue weighted by molar-refractivity contribution is 5.87. The van der Waals surface area contributed by atoms with E-state index in [1.807, 2.05) is 0 Å². The van der Waals surface area contributed by atoms with Crippen LogP contribution in [0.25, 0.3) is 0 Å². The Bertz CT molecular complexity index is 896. The number of aromatic carboxylic acids is 1. The fourth-order valence-electron chi connectivity index (χ4n) is 4.06. The number of carbonyl (C=O) groups is 4. The molecule has 1 aromatic rings. The molecule has 10 N–H and O–H groups in total. The van der Waals surface area contributed by atoms with Crippen LogP contribution in [-0.2, 0) is 20.9 Å². The van der Waals surface area contributed by atoms with E-state index in [1.54, 1.807) is 9.80 Å². The normalized spacial score (nSPS) is 18.8. The van der Waals surface area contributed by atoms with Crippen LogP contribution in [0.4, 0.5) is 0 Å². The van der Waals surface area contributed by atoms with Gasteiger partial charge in [-0.2, -0.15) is 4.73 Å². The van der Waals surface area contributed by atoms with Gasteiger partial charge in [-0.15, -0.1) is 0 Å². The Hall–Kier alpha value is -2.83. The number of hydrogen-bond acceptors (Lipinski definition) is 7. The van der Waals surface area contributed by atoms with Gasteiger partial charge in [0.1, 0.15) is 0 Å². The summed E-state index contributed by atoms with van der Waals surface area (Å²) in [7, 11) is 0. The van der Waals surface area contributed by atoms with Gasteiger partial charge in [0.25, 0.3) is 0 Å². The number of nitrogens with zero attached hydrogens (tertiary/aromatic N) is 3. The van der Waals surface area contributed by atoms with E-state index in [2.05, 4.69) is 0 Å². The SMILES string of the molecule is O.O.O=C(O)CN1CC[NH+](CC(=O)O)CCN(CC(=O)O)CC[NH+](Cc2cc(C(=O)O)cc[n+]2[O-])CC1.[Cl-].[Cl-]. The minimum atomic E-state index is -1.16. The number of hydrogen-bond donors (Lipinski definition) is 6. The van der Waals surface area contributed by atoms with Gasteiger partial charge in [0.15, 0.2) is 19.3 Å². The van der Waals surface area contributed by atoms with E-state index >= 15 is 0 Å². The van der Waals surface area contributed by atoms with Gasteiger partial charge in [-0.1, -0.05) is 0 Å². The molecular weight excluding hydrogens is 569 g/mol. The molecule has 0 aliphatic carbocycles. The second-order valence-electron chi connectivity index (χ2n) is 8.62. The number of carboxylic acids is 4. The summed E-state index contributed by atoms with van der Waals surface area (Å²) in [6.07, 6.45) is 1.13. The smallest absolute Gasteiger partial charge is 0.359 e. The zero-order valence-corrected chi connectivity index (χ0v) is 22.7. The highest BCUT2D eigenvalue weighted by Gasteiger charge is 2.25. The summed E-state index contributed by atoms with van der Waals surface area (Å²) < 4.78 is 0.590. The topological polar surface area (TPSA) is 254 Å². The Morgan fingerprint density at radius 3 is 1.62 bits per heavy atom. The third-order valence-electron chi connectivity index (χ3n) is 5.92. The fourth-order valence-corrected chi connectivity index (χ4v) is 4.06. The van der Waals surface area contributed by atoms with Crippen molar-refractivity contribution in [2.45, 2.75) is 6.54 Å². The van der Waals surface area contributed by atoms with Crippen molar-refractivity contribution in [1.82, 2.24) is 9.80 Å². The second kappa shape index (κ2) is 20.1. The third-order valence-corrected chi connectivity index (χ3v) is 5.92. The quantitative estimate of drug-likeness (QED) is 0.114. The first kappa shape index (κ1) is 40.7. The van der Waals surface area contributed by atoms with Crippen LogP contribution in [0.3, 0.4) is 0 Å². The molecule has 0 aromatic carbocycles. The Morgan fingerprint density at radius 2 is 1.23 bits per heavy atom. The molecule has 0 saturated carbocycles. The summed E-state index contributed by atoms with van der Waals surface area (Å²) >= 11 is 0. The first-order chi connectivity index (χ1) is 16.5. The van der Waals surface area contributed by atoms with Crippen LogP contribution >= 0.6 is 0 Å². The number of pyridine rings is 1. The van der Waals surface area contributed by atoms with Crippen molar-refractivity contribution >= 4 is 23.9 Å².